The molecule has 1 aromatic rings. The number of anilines is 1. The highest BCUT2D eigenvalue weighted by atomic mass is 16.6. The summed E-state index contributed by atoms with van der Waals surface area (Å²) in [5.74, 6) is -0.648. The quantitative estimate of drug-likeness (QED) is 0.798. The third-order valence-corrected chi connectivity index (χ3v) is 3.98. The van der Waals surface area contributed by atoms with Gasteiger partial charge in [-0.1, -0.05) is 19.1 Å². The number of alkyl carbamates (subject to hydrolysis) is 1. The Balaban J connectivity index is 2.59. The maximum atomic E-state index is 12.4. The van der Waals surface area contributed by atoms with Crippen LogP contribution in [0.3, 0.4) is 0 Å². The summed E-state index contributed by atoms with van der Waals surface area (Å²) in [6.07, 6.45) is -0.237. The largest absolute Gasteiger partial charge is 0.444 e. The summed E-state index contributed by atoms with van der Waals surface area (Å²) < 4.78 is 5.21. The van der Waals surface area contributed by atoms with Crippen LogP contribution in [-0.4, -0.2) is 48.5 Å². The van der Waals surface area contributed by atoms with Crippen LogP contribution in [0, 0.1) is 5.92 Å². The second kappa shape index (κ2) is 9.39. The van der Waals surface area contributed by atoms with Crippen molar-refractivity contribution in [2.24, 2.45) is 5.92 Å². The number of hydrogen-bond acceptors (Lipinski definition) is 4. The minimum absolute atomic E-state index is 0.0162. The van der Waals surface area contributed by atoms with Gasteiger partial charge in [0.2, 0.25) is 11.8 Å². The fourth-order valence-electron chi connectivity index (χ4n) is 2.14. The van der Waals surface area contributed by atoms with E-state index in [-0.39, 0.29) is 11.8 Å². The third kappa shape index (κ3) is 8.11. The average molecular weight is 377 g/mol. The van der Waals surface area contributed by atoms with Crippen molar-refractivity contribution in [2.75, 3.05) is 19.4 Å². The van der Waals surface area contributed by atoms with E-state index in [0.717, 1.165) is 5.56 Å². The van der Waals surface area contributed by atoms with E-state index in [0.29, 0.717) is 12.1 Å². The summed E-state index contributed by atoms with van der Waals surface area (Å²) in [6, 6.07) is 6.74. The molecule has 27 heavy (non-hydrogen) atoms. The molecule has 1 rings (SSSR count). The van der Waals surface area contributed by atoms with Gasteiger partial charge in [0.1, 0.15) is 5.60 Å². The molecule has 2 N–H and O–H groups in total. The Bertz CT molecular complexity index is 663. The van der Waals surface area contributed by atoms with E-state index in [4.69, 9.17) is 4.74 Å². The molecule has 3 amide bonds. The Labute approximate surface area is 161 Å². The smallest absolute Gasteiger partial charge is 0.407 e. The molecule has 2 atom stereocenters. The number of carbonyl (C=O) groups is 3. The molecule has 0 fully saturated rings. The molecule has 0 spiro atoms. The number of ether oxygens (including phenoxy) is 1. The summed E-state index contributed by atoms with van der Waals surface area (Å²) in [4.78, 5) is 37.5. The number of nitrogens with zero attached hydrogens (tertiary/aromatic N) is 1. The maximum Gasteiger partial charge on any atom is 0.407 e. The van der Waals surface area contributed by atoms with E-state index in [1.54, 1.807) is 60.8 Å². The lowest BCUT2D eigenvalue weighted by atomic mass is 10.0. The van der Waals surface area contributed by atoms with Crippen molar-refractivity contribution in [3.05, 3.63) is 29.8 Å². The Morgan fingerprint density at radius 3 is 2.11 bits per heavy atom. The van der Waals surface area contributed by atoms with Crippen LogP contribution in [0.1, 0.15) is 40.2 Å². The number of amides is 3. The van der Waals surface area contributed by atoms with Crippen molar-refractivity contribution >= 4 is 23.6 Å². The number of nitrogens with one attached hydrogen (secondary N) is 2. The fourth-order valence-corrected chi connectivity index (χ4v) is 2.14. The van der Waals surface area contributed by atoms with Gasteiger partial charge in [0.25, 0.3) is 0 Å². The molecule has 0 saturated heterocycles. The number of likely N-dealkylation sites (N-methyl/N-ethyl adjacent to an activating group) is 1. The maximum absolute atomic E-state index is 12.4. The normalized spacial score (nSPS) is 13.3. The minimum Gasteiger partial charge on any atom is -0.444 e. The van der Waals surface area contributed by atoms with Crippen LogP contribution in [0.2, 0.25) is 0 Å². The van der Waals surface area contributed by atoms with Gasteiger partial charge in [-0.05, 0) is 45.4 Å². The van der Waals surface area contributed by atoms with Gasteiger partial charge in [0.05, 0.1) is 12.3 Å². The first-order valence-electron chi connectivity index (χ1n) is 8.98. The molecular formula is C20H31N3O4. The number of rotatable bonds is 6. The van der Waals surface area contributed by atoms with Gasteiger partial charge in [0.15, 0.2) is 0 Å². The average Bonchev–Trinajstić information content (AvgIpc) is 2.53. The zero-order chi connectivity index (χ0) is 20.8. The zero-order valence-corrected chi connectivity index (χ0v) is 17.3. The van der Waals surface area contributed by atoms with Crippen molar-refractivity contribution < 1.29 is 19.1 Å². The Hall–Kier alpha value is -2.57. The van der Waals surface area contributed by atoms with Crippen LogP contribution in [0.4, 0.5) is 10.5 Å². The van der Waals surface area contributed by atoms with Crippen LogP contribution in [0.5, 0.6) is 0 Å². The Morgan fingerprint density at radius 2 is 1.63 bits per heavy atom. The van der Waals surface area contributed by atoms with Crippen LogP contribution >= 0.6 is 0 Å². The summed E-state index contributed by atoms with van der Waals surface area (Å²) in [5, 5.41) is 5.50. The molecule has 150 valence electrons. The lowest BCUT2D eigenvalue weighted by Crippen LogP contribution is -2.44. The molecule has 0 saturated carbocycles. The molecular weight excluding hydrogens is 346 g/mol. The van der Waals surface area contributed by atoms with E-state index in [1.807, 2.05) is 12.1 Å². The third-order valence-electron chi connectivity index (χ3n) is 3.98. The monoisotopic (exact) mass is 377 g/mol. The van der Waals surface area contributed by atoms with Gasteiger partial charge >= 0.3 is 6.09 Å². The van der Waals surface area contributed by atoms with Crippen molar-refractivity contribution in [3.8, 4) is 0 Å². The van der Waals surface area contributed by atoms with Gasteiger partial charge < -0.3 is 20.3 Å². The van der Waals surface area contributed by atoms with Crippen LogP contribution in [0.15, 0.2) is 24.3 Å². The molecule has 1 aromatic carbocycles. The van der Waals surface area contributed by atoms with Gasteiger partial charge in [-0.25, -0.2) is 4.79 Å². The molecule has 7 heteroatoms. The molecule has 0 aliphatic heterocycles. The first-order chi connectivity index (χ1) is 12.4. The number of hydrogen-bond donors (Lipinski definition) is 2. The highest BCUT2D eigenvalue weighted by Gasteiger charge is 2.24. The summed E-state index contributed by atoms with van der Waals surface area (Å²) in [6.45, 7) is 8.83. The predicted molar refractivity (Wildman–Crippen MR) is 105 cm³/mol. The lowest BCUT2D eigenvalue weighted by molar-refractivity contribution is -0.128. The Kier molecular flexibility index (Phi) is 7.82. The Morgan fingerprint density at radius 1 is 1.07 bits per heavy atom. The molecule has 0 aliphatic rings. The van der Waals surface area contributed by atoms with E-state index in [9.17, 15) is 14.4 Å². The van der Waals surface area contributed by atoms with Crippen LogP contribution < -0.4 is 10.6 Å². The number of benzene rings is 1. The molecule has 0 aliphatic carbocycles. The van der Waals surface area contributed by atoms with Crippen molar-refractivity contribution in [1.82, 2.24) is 10.2 Å². The second-order valence-corrected chi connectivity index (χ2v) is 7.87. The van der Waals surface area contributed by atoms with E-state index in [1.165, 1.54) is 4.90 Å². The molecule has 2 unspecified atom stereocenters. The summed E-state index contributed by atoms with van der Waals surface area (Å²) in [7, 11) is 3.43. The summed E-state index contributed by atoms with van der Waals surface area (Å²) in [5.41, 5.74) is 0.919. The molecule has 0 heterocycles. The van der Waals surface area contributed by atoms with Crippen molar-refractivity contribution in [2.45, 2.75) is 52.7 Å². The molecule has 0 aromatic heterocycles. The minimum atomic E-state index is -0.592. The summed E-state index contributed by atoms with van der Waals surface area (Å²) >= 11 is 0. The van der Waals surface area contributed by atoms with Crippen molar-refractivity contribution in [3.63, 3.8) is 0 Å². The highest BCUT2D eigenvalue weighted by molar-refractivity contribution is 5.93. The van der Waals surface area contributed by atoms with Gasteiger partial charge in [0, 0.05) is 25.8 Å². The second-order valence-electron chi connectivity index (χ2n) is 7.87. The highest BCUT2D eigenvalue weighted by Crippen LogP contribution is 2.14. The first kappa shape index (κ1) is 22.5. The van der Waals surface area contributed by atoms with Gasteiger partial charge in [-0.15, -0.1) is 0 Å². The SMILES string of the molecule is CC(NC(=O)OC(C)(C)C)C(C)C(=O)Nc1ccc(CC(=O)N(C)C)cc1. The lowest BCUT2D eigenvalue weighted by Gasteiger charge is -2.24. The van der Waals surface area contributed by atoms with Gasteiger partial charge in [-0.3, -0.25) is 9.59 Å². The first-order valence-corrected chi connectivity index (χ1v) is 8.98. The van der Waals surface area contributed by atoms with E-state index >= 15 is 0 Å². The van der Waals surface area contributed by atoms with E-state index < -0.39 is 23.7 Å². The van der Waals surface area contributed by atoms with Crippen molar-refractivity contribution in [1.29, 1.82) is 0 Å². The fraction of sp³-hybridized carbons (Fsp3) is 0.550. The molecule has 0 bridgehead atoms. The molecule has 0 radical (unpaired) electrons. The number of carbonyl (C=O) groups excluding carboxylic acids is 3. The molecule has 7 nitrogen and oxygen atoms in total. The predicted octanol–water partition coefficient (Wildman–Crippen LogP) is 2.81. The van der Waals surface area contributed by atoms with Crippen LogP contribution in [0.25, 0.3) is 0 Å². The van der Waals surface area contributed by atoms with E-state index in [2.05, 4.69) is 10.6 Å². The topological polar surface area (TPSA) is 87.7 Å². The van der Waals surface area contributed by atoms with Crippen LogP contribution in [-0.2, 0) is 20.7 Å². The standard InChI is InChI=1S/C20H31N3O4/c1-13(14(2)21-19(26)27-20(3,4)5)18(25)22-16-10-8-15(9-11-16)12-17(24)23(6)7/h8-11,13-14H,12H2,1-7H3,(H,21,26)(H,22,25). The van der Waals surface area contributed by atoms with Gasteiger partial charge in [-0.2, -0.15) is 0 Å². The zero-order valence-electron chi connectivity index (χ0n) is 17.3.